The van der Waals surface area contributed by atoms with E-state index in [1.165, 1.54) is 7.11 Å². The van der Waals surface area contributed by atoms with Crippen molar-refractivity contribution in [3.8, 4) is 0 Å². The lowest BCUT2D eigenvalue weighted by Gasteiger charge is -2.34. The largest absolute Gasteiger partial charge is 0.481 e. The zero-order valence-electron chi connectivity index (χ0n) is 20.3. The van der Waals surface area contributed by atoms with E-state index in [9.17, 15) is 23.1 Å². The van der Waals surface area contributed by atoms with Gasteiger partial charge in [-0.3, -0.25) is 9.69 Å². The summed E-state index contributed by atoms with van der Waals surface area (Å²) in [6, 6.07) is 11.6. The number of nitrogens with zero attached hydrogens (tertiary/aromatic N) is 3. The monoisotopic (exact) mass is 511 g/mol. The van der Waals surface area contributed by atoms with Gasteiger partial charge in [0, 0.05) is 17.6 Å². The topological polar surface area (TPSA) is 119 Å². The molecule has 1 aliphatic carbocycles. The number of carboxylic acids is 1. The Hall–Kier alpha value is -3.40. The number of ether oxygens (including phenoxy) is 1. The van der Waals surface area contributed by atoms with Crippen LogP contribution in [0.15, 0.2) is 52.5 Å². The molecule has 190 valence electrons. The van der Waals surface area contributed by atoms with Gasteiger partial charge in [0.15, 0.2) is 0 Å². The van der Waals surface area contributed by atoms with Crippen molar-refractivity contribution in [3.05, 3.63) is 48.0 Å². The van der Waals surface area contributed by atoms with E-state index in [4.69, 9.17) is 9.72 Å². The molecule has 5 rings (SSSR count). The lowest BCUT2D eigenvalue weighted by molar-refractivity contribution is -0.143. The van der Waals surface area contributed by atoms with Crippen molar-refractivity contribution in [2.45, 2.75) is 67.6 Å². The highest BCUT2D eigenvalue weighted by atomic mass is 32.2. The molecule has 0 saturated heterocycles. The van der Waals surface area contributed by atoms with E-state index in [2.05, 4.69) is 0 Å². The van der Waals surface area contributed by atoms with E-state index in [1.807, 2.05) is 19.1 Å². The van der Waals surface area contributed by atoms with Crippen LogP contribution in [0.1, 0.15) is 50.6 Å². The molecular weight excluding hydrogens is 482 g/mol. The average molecular weight is 512 g/mol. The molecule has 1 N–H and O–H groups in total. The molecule has 1 fully saturated rings. The summed E-state index contributed by atoms with van der Waals surface area (Å²) in [6.45, 7) is 1.95. The van der Waals surface area contributed by atoms with Crippen LogP contribution < -0.4 is 4.90 Å². The number of aliphatic carboxylic acids is 1. The Kier molecular flexibility index (Phi) is 6.23. The minimum absolute atomic E-state index is 0.0425. The average Bonchev–Trinajstić information content (AvgIpc) is 3.29. The predicted octanol–water partition coefficient (Wildman–Crippen LogP) is 4.59. The second kappa shape index (κ2) is 9.24. The number of rotatable bonds is 4. The van der Waals surface area contributed by atoms with Crippen molar-refractivity contribution in [2.24, 2.45) is 5.92 Å². The third-order valence-electron chi connectivity index (χ3n) is 7.50. The molecule has 9 nitrogen and oxygen atoms in total. The smallest absolute Gasteiger partial charge is 0.414 e. The van der Waals surface area contributed by atoms with Crippen molar-refractivity contribution in [3.63, 3.8) is 0 Å². The molecule has 0 spiro atoms. The van der Waals surface area contributed by atoms with Crippen LogP contribution in [0.5, 0.6) is 0 Å². The first-order valence-electron chi connectivity index (χ1n) is 12.2. The molecule has 1 aromatic heterocycles. The van der Waals surface area contributed by atoms with Crippen molar-refractivity contribution in [2.75, 3.05) is 12.0 Å². The predicted molar refractivity (Wildman–Crippen MR) is 133 cm³/mol. The van der Waals surface area contributed by atoms with Crippen molar-refractivity contribution in [1.29, 1.82) is 0 Å². The van der Waals surface area contributed by atoms with Crippen molar-refractivity contribution < 1.29 is 27.9 Å². The van der Waals surface area contributed by atoms with Crippen LogP contribution in [-0.2, 0) is 25.8 Å². The Bertz CT molecular complexity index is 1420. The number of carbonyl (C=O) groups is 2. The molecule has 2 aliphatic rings. The summed E-state index contributed by atoms with van der Waals surface area (Å²) in [5.74, 6) is -1.24. The zero-order valence-corrected chi connectivity index (χ0v) is 21.1. The summed E-state index contributed by atoms with van der Waals surface area (Å²) in [4.78, 5) is 30.5. The number of aromatic nitrogens is 2. The fourth-order valence-corrected chi connectivity index (χ4v) is 7.03. The summed E-state index contributed by atoms with van der Waals surface area (Å²) in [6.07, 6.45) is 2.91. The van der Waals surface area contributed by atoms with E-state index in [1.54, 1.807) is 39.8 Å². The Morgan fingerprint density at radius 1 is 1.03 bits per heavy atom. The normalized spacial score (nSPS) is 22.3. The molecule has 1 aliphatic heterocycles. The molecule has 36 heavy (non-hydrogen) atoms. The van der Waals surface area contributed by atoms with Gasteiger partial charge >= 0.3 is 12.1 Å². The maximum atomic E-state index is 13.8. The second-order valence-corrected chi connectivity index (χ2v) is 11.4. The summed E-state index contributed by atoms with van der Waals surface area (Å²) in [7, 11) is -2.61. The number of hydrogen-bond acceptors (Lipinski definition) is 6. The first kappa shape index (κ1) is 24.3. The second-order valence-electron chi connectivity index (χ2n) is 9.58. The van der Waals surface area contributed by atoms with Crippen LogP contribution in [0.25, 0.3) is 11.0 Å². The molecule has 0 radical (unpaired) electrons. The highest BCUT2D eigenvalue weighted by Crippen LogP contribution is 2.41. The number of amides is 1. The summed E-state index contributed by atoms with van der Waals surface area (Å²) in [5, 5.41) is 9.40. The van der Waals surface area contributed by atoms with Gasteiger partial charge in [-0.2, -0.15) is 0 Å². The molecule has 10 heteroatoms. The number of fused-ring (bicyclic) bond motifs is 3. The van der Waals surface area contributed by atoms with Crippen LogP contribution in [0.4, 0.5) is 10.5 Å². The molecule has 3 aromatic rings. The third kappa shape index (κ3) is 3.93. The standard InChI is InChI=1S/C26H29N3O6S/c1-16-8-13-20-21(28(16)26(32)35-2)14-15-22-23(20)27-25(36(33,34)19-6-4-3-5-7-19)29(22)18-11-9-17(10-12-18)24(30)31/h3-7,14-18H,8-13H2,1-2H3,(H,30,31)/t16-,17?,18?/m0/s1. The first-order valence-corrected chi connectivity index (χ1v) is 13.7. The fraction of sp³-hybridized carbons (Fsp3) is 0.423. The van der Waals surface area contributed by atoms with Crippen LogP contribution in [0, 0.1) is 5.92 Å². The molecule has 0 unspecified atom stereocenters. The SMILES string of the molecule is COC(=O)N1c2ccc3c(nc(S(=O)(=O)c4ccccc4)n3C3CCC(C(=O)O)CC3)c2CC[C@@H]1C. The Morgan fingerprint density at radius 2 is 1.72 bits per heavy atom. The molecular formula is C26H29N3O6S. The number of benzene rings is 2. The van der Waals surface area contributed by atoms with Crippen LogP contribution >= 0.6 is 0 Å². The third-order valence-corrected chi connectivity index (χ3v) is 9.16. The van der Waals surface area contributed by atoms with Gasteiger partial charge in [-0.05, 0) is 69.7 Å². The Balaban J connectivity index is 1.71. The number of hydrogen-bond donors (Lipinski definition) is 1. The minimum atomic E-state index is -3.95. The van der Waals surface area contributed by atoms with Crippen LogP contribution in [-0.4, -0.2) is 48.3 Å². The van der Waals surface area contributed by atoms with E-state index in [0.717, 1.165) is 5.56 Å². The number of carboxylic acid groups (broad SMARTS) is 1. The van der Waals surface area contributed by atoms with E-state index >= 15 is 0 Å². The molecule has 0 bridgehead atoms. The summed E-state index contributed by atoms with van der Waals surface area (Å²) >= 11 is 0. The molecule has 1 amide bonds. The number of methoxy groups -OCH3 is 1. The summed E-state index contributed by atoms with van der Waals surface area (Å²) in [5.41, 5.74) is 2.74. The Morgan fingerprint density at radius 3 is 2.36 bits per heavy atom. The molecule has 2 aromatic carbocycles. The highest BCUT2D eigenvalue weighted by Gasteiger charge is 2.36. The number of carbonyl (C=O) groups excluding carboxylic acids is 1. The Labute approximate surface area is 209 Å². The quantitative estimate of drug-likeness (QED) is 0.544. The van der Waals surface area contributed by atoms with Gasteiger partial charge in [-0.1, -0.05) is 18.2 Å². The maximum absolute atomic E-state index is 13.8. The highest BCUT2D eigenvalue weighted by molar-refractivity contribution is 7.91. The van der Waals surface area contributed by atoms with E-state index in [0.29, 0.717) is 55.2 Å². The fourth-order valence-electron chi connectivity index (χ4n) is 5.58. The van der Waals surface area contributed by atoms with Crippen molar-refractivity contribution >= 4 is 38.6 Å². The summed E-state index contributed by atoms with van der Waals surface area (Å²) < 4.78 is 34.4. The molecule has 1 atom stereocenters. The van der Waals surface area contributed by atoms with Gasteiger partial charge < -0.3 is 14.4 Å². The van der Waals surface area contributed by atoms with Gasteiger partial charge in [0.2, 0.25) is 15.0 Å². The lowest BCUT2D eigenvalue weighted by atomic mass is 9.86. The number of anilines is 1. The maximum Gasteiger partial charge on any atom is 0.414 e. The number of aryl methyl sites for hydroxylation is 1. The minimum Gasteiger partial charge on any atom is -0.481 e. The van der Waals surface area contributed by atoms with Gasteiger partial charge in [0.25, 0.3) is 0 Å². The lowest BCUT2D eigenvalue weighted by Crippen LogP contribution is -2.42. The molecule has 2 heterocycles. The van der Waals surface area contributed by atoms with Crippen LogP contribution in [0.2, 0.25) is 0 Å². The first-order chi connectivity index (χ1) is 17.2. The van der Waals surface area contributed by atoms with Gasteiger partial charge in [-0.25, -0.2) is 18.2 Å². The molecule has 1 saturated carbocycles. The van der Waals surface area contributed by atoms with Crippen molar-refractivity contribution in [1.82, 2.24) is 9.55 Å². The van der Waals surface area contributed by atoms with E-state index < -0.39 is 27.8 Å². The van der Waals surface area contributed by atoms with E-state index in [-0.39, 0.29) is 22.1 Å². The number of sulfone groups is 1. The van der Waals surface area contributed by atoms with Crippen LogP contribution in [0.3, 0.4) is 0 Å². The van der Waals surface area contributed by atoms with Gasteiger partial charge in [-0.15, -0.1) is 0 Å². The zero-order chi connectivity index (χ0) is 25.6. The number of imidazole rings is 1. The van der Waals surface area contributed by atoms with Gasteiger partial charge in [0.05, 0.1) is 34.6 Å². The van der Waals surface area contributed by atoms with Gasteiger partial charge in [0.1, 0.15) is 0 Å².